The summed E-state index contributed by atoms with van der Waals surface area (Å²) >= 11 is 5.88. The molecule has 1 aromatic carbocycles. The topological polar surface area (TPSA) is 68.5 Å². The normalized spacial score (nSPS) is 17.8. The van der Waals surface area contributed by atoms with Gasteiger partial charge in [0.05, 0.1) is 23.4 Å². The Bertz CT molecular complexity index is 704. The van der Waals surface area contributed by atoms with E-state index in [1.54, 1.807) is 12.3 Å². The van der Waals surface area contributed by atoms with Crippen LogP contribution in [-0.4, -0.2) is 48.1 Å². The number of hydrogen-bond acceptors (Lipinski definition) is 4. The second-order valence-corrected chi connectivity index (χ2v) is 6.20. The van der Waals surface area contributed by atoms with Gasteiger partial charge in [-0.25, -0.2) is 0 Å². The highest BCUT2D eigenvalue weighted by Gasteiger charge is 2.24. The van der Waals surface area contributed by atoms with Crippen molar-refractivity contribution in [3.05, 3.63) is 53.2 Å². The van der Waals surface area contributed by atoms with E-state index in [2.05, 4.69) is 4.98 Å². The van der Waals surface area contributed by atoms with E-state index in [4.69, 9.17) is 22.1 Å². The maximum atomic E-state index is 12.8. The number of nitrogens with zero attached hydrogens (tertiary/aromatic N) is 2. The van der Waals surface area contributed by atoms with Crippen LogP contribution < -0.4 is 5.73 Å². The van der Waals surface area contributed by atoms with Gasteiger partial charge < -0.3 is 15.4 Å². The van der Waals surface area contributed by atoms with Gasteiger partial charge in [-0.15, -0.1) is 0 Å². The van der Waals surface area contributed by atoms with Gasteiger partial charge in [-0.3, -0.25) is 9.78 Å². The number of amides is 1. The number of pyridine rings is 1. The van der Waals surface area contributed by atoms with Gasteiger partial charge in [0, 0.05) is 30.4 Å². The van der Waals surface area contributed by atoms with Crippen LogP contribution in [0.4, 0.5) is 0 Å². The fraction of sp³-hybridized carbons (Fsp3) is 0.333. The van der Waals surface area contributed by atoms with Crippen LogP contribution in [0.3, 0.4) is 0 Å². The third-order valence-corrected chi connectivity index (χ3v) is 4.27. The van der Waals surface area contributed by atoms with Crippen molar-refractivity contribution in [2.75, 3.05) is 26.2 Å². The van der Waals surface area contributed by atoms with Crippen molar-refractivity contribution < 1.29 is 9.53 Å². The first kappa shape index (κ1) is 16.9. The van der Waals surface area contributed by atoms with E-state index in [0.717, 1.165) is 17.7 Å². The molecule has 0 aliphatic carbocycles. The Morgan fingerprint density at radius 2 is 2.25 bits per heavy atom. The van der Waals surface area contributed by atoms with Crippen molar-refractivity contribution in [2.24, 2.45) is 5.73 Å². The number of hydrogen-bond donors (Lipinski definition) is 1. The lowest BCUT2D eigenvalue weighted by molar-refractivity contribution is -0.0236. The van der Waals surface area contributed by atoms with Crippen molar-refractivity contribution in [1.29, 1.82) is 0 Å². The largest absolute Gasteiger partial charge is 0.374 e. The van der Waals surface area contributed by atoms with Crippen LogP contribution in [0, 0.1) is 0 Å². The number of carbonyl (C=O) groups excluding carboxylic acids is 1. The van der Waals surface area contributed by atoms with Crippen molar-refractivity contribution in [3.63, 3.8) is 0 Å². The zero-order chi connectivity index (χ0) is 16.9. The number of morpholine rings is 1. The number of benzene rings is 1. The smallest absolute Gasteiger partial charge is 0.254 e. The molecule has 24 heavy (non-hydrogen) atoms. The van der Waals surface area contributed by atoms with E-state index in [0.29, 0.717) is 36.8 Å². The lowest BCUT2D eigenvalue weighted by Gasteiger charge is -2.33. The molecule has 1 amide bonds. The molecule has 1 saturated heterocycles. The molecule has 6 heteroatoms. The second-order valence-electron chi connectivity index (χ2n) is 5.76. The molecule has 1 aliphatic heterocycles. The Balaban J connectivity index is 1.78. The van der Waals surface area contributed by atoms with Crippen LogP contribution in [-0.2, 0) is 4.74 Å². The molecule has 0 saturated carbocycles. The highest BCUT2D eigenvalue weighted by molar-refractivity contribution is 6.30. The van der Waals surface area contributed by atoms with Crippen LogP contribution in [0.2, 0.25) is 5.02 Å². The predicted octanol–water partition coefficient (Wildman–Crippen LogP) is 2.59. The van der Waals surface area contributed by atoms with Crippen LogP contribution in [0.1, 0.15) is 16.8 Å². The fourth-order valence-corrected chi connectivity index (χ4v) is 2.92. The zero-order valence-corrected chi connectivity index (χ0v) is 14.1. The number of aromatic nitrogens is 1. The summed E-state index contributed by atoms with van der Waals surface area (Å²) in [6.45, 7) is 2.29. The van der Waals surface area contributed by atoms with Gasteiger partial charge in [0.2, 0.25) is 0 Å². The number of halogens is 1. The van der Waals surface area contributed by atoms with Gasteiger partial charge >= 0.3 is 0 Å². The highest BCUT2D eigenvalue weighted by atomic mass is 35.5. The SMILES string of the molecule is NCC[C@@H]1CN(C(=O)c2cccc(-c3ccc(Cl)cn3)c2)CCO1. The molecule has 1 aliphatic rings. The summed E-state index contributed by atoms with van der Waals surface area (Å²) in [5.74, 6) is 0.0103. The minimum Gasteiger partial charge on any atom is -0.374 e. The van der Waals surface area contributed by atoms with Crippen LogP contribution in [0.15, 0.2) is 42.6 Å². The van der Waals surface area contributed by atoms with Gasteiger partial charge in [0.1, 0.15) is 0 Å². The zero-order valence-electron chi connectivity index (χ0n) is 13.3. The molecule has 1 aromatic heterocycles. The van der Waals surface area contributed by atoms with E-state index in [1.165, 1.54) is 0 Å². The summed E-state index contributed by atoms with van der Waals surface area (Å²) < 4.78 is 5.64. The van der Waals surface area contributed by atoms with Gasteiger partial charge in [0.15, 0.2) is 0 Å². The maximum absolute atomic E-state index is 12.8. The predicted molar refractivity (Wildman–Crippen MR) is 94.0 cm³/mol. The third kappa shape index (κ3) is 3.93. The van der Waals surface area contributed by atoms with E-state index >= 15 is 0 Å². The highest BCUT2D eigenvalue weighted by Crippen LogP contribution is 2.21. The third-order valence-electron chi connectivity index (χ3n) is 4.05. The fourth-order valence-electron chi connectivity index (χ4n) is 2.81. The molecule has 2 heterocycles. The summed E-state index contributed by atoms with van der Waals surface area (Å²) in [6.07, 6.45) is 2.39. The van der Waals surface area contributed by atoms with Crippen molar-refractivity contribution in [1.82, 2.24) is 9.88 Å². The number of rotatable bonds is 4. The summed E-state index contributed by atoms with van der Waals surface area (Å²) in [4.78, 5) is 18.9. The first-order valence-corrected chi connectivity index (χ1v) is 8.38. The van der Waals surface area contributed by atoms with Crippen molar-refractivity contribution in [3.8, 4) is 11.3 Å². The van der Waals surface area contributed by atoms with Gasteiger partial charge in [-0.1, -0.05) is 23.7 Å². The Hall–Kier alpha value is -1.95. The lowest BCUT2D eigenvalue weighted by Crippen LogP contribution is -2.46. The molecule has 126 valence electrons. The van der Waals surface area contributed by atoms with E-state index in [9.17, 15) is 4.79 Å². The van der Waals surface area contributed by atoms with Gasteiger partial charge in [0.25, 0.3) is 5.91 Å². The van der Waals surface area contributed by atoms with Crippen LogP contribution in [0.5, 0.6) is 0 Å². The molecule has 1 atom stereocenters. The monoisotopic (exact) mass is 345 g/mol. The van der Waals surface area contributed by atoms with E-state index in [-0.39, 0.29) is 12.0 Å². The van der Waals surface area contributed by atoms with Crippen molar-refractivity contribution in [2.45, 2.75) is 12.5 Å². The molecule has 0 spiro atoms. The maximum Gasteiger partial charge on any atom is 0.254 e. The average Bonchev–Trinajstić information content (AvgIpc) is 2.62. The quantitative estimate of drug-likeness (QED) is 0.924. The first-order chi connectivity index (χ1) is 11.7. The van der Waals surface area contributed by atoms with Crippen molar-refractivity contribution >= 4 is 17.5 Å². The summed E-state index contributed by atoms with van der Waals surface area (Å²) in [7, 11) is 0. The molecule has 0 unspecified atom stereocenters. The van der Waals surface area contributed by atoms with Crippen LogP contribution in [0.25, 0.3) is 11.3 Å². The molecule has 1 fully saturated rings. The number of nitrogens with two attached hydrogens (primary N) is 1. The van der Waals surface area contributed by atoms with Gasteiger partial charge in [-0.2, -0.15) is 0 Å². The summed E-state index contributed by atoms with van der Waals surface area (Å²) in [5, 5.41) is 0.588. The molecule has 2 aromatic rings. The molecule has 5 nitrogen and oxygen atoms in total. The second kappa shape index (κ2) is 7.75. The summed E-state index contributed by atoms with van der Waals surface area (Å²) in [6, 6.07) is 11.1. The van der Waals surface area contributed by atoms with Crippen LogP contribution >= 0.6 is 11.6 Å². The Morgan fingerprint density at radius 3 is 3.00 bits per heavy atom. The Labute approximate surface area is 146 Å². The molecule has 0 bridgehead atoms. The van der Waals surface area contributed by atoms with Gasteiger partial charge in [-0.05, 0) is 37.2 Å². The van der Waals surface area contributed by atoms with E-state index in [1.807, 2.05) is 35.2 Å². The minimum atomic E-state index is 0.0103. The standard InChI is InChI=1S/C18H20ClN3O2/c19-15-4-5-17(21-11-15)13-2-1-3-14(10-13)18(23)22-8-9-24-16(12-22)6-7-20/h1-5,10-11,16H,6-9,12,20H2/t16-/m1/s1. The first-order valence-electron chi connectivity index (χ1n) is 8.00. The molecule has 2 N–H and O–H groups in total. The lowest BCUT2D eigenvalue weighted by atomic mass is 10.1. The van der Waals surface area contributed by atoms with E-state index < -0.39 is 0 Å². The molecular weight excluding hydrogens is 326 g/mol. The molecular formula is C18H20ClN3O2. The molecule has 0 radical (unpaired) electrons. The molecule has 3 rings (SSSR count). The number of carbonyl (C=O) groups is 1. The minimum absolute atomic E-state index is 0.0103. The number of ether oxygens (including phenoxy) is 1. The summed E-state index contributed by atoms with van der Waals surface area (Å²) in [5.41, 5.74) is 7.92. The Morgan fingerprint density at radius 1 is 1.38 bits per heavy atom. The average molecular weight is 346 g/mol. The Kier molecular flexibility index (Phi) is 5.45.